The van der Waals surface area contributed by atoms with E-state index in [0.717, 1.165) is 3.79 Å². The standard InChI is InChI=1S/C16H17BrN2O4S/c1-23-11-4-2-10(3-5-11)12(20)8-18-15(21)9-19-16(22)13-6-7-14(17)24-13/h2-7,12,20H,8-9H2,1H3,(H,18,21)(H,19,22). The molecule has 1 unspecified atom stereocenters. The van der Waals surface area contributed by atoms with Gasteiger partial charge in [-0.25, -0.2) is 0 Å². The van der Waals surface area contributed by atoms with Crippen molar-refractivity contribution in [3.05, 3.63) is 50.6 Å². The van der Waals surface area contributed by atoms with Gasteiger partial charge in [0.15, 0.2) is 0 Å². The predicted octanol–water partition coefficient (Wildman–Crippen LogP) is 2.10. The molecule has 0 aliphatic carbocycles. The van der Waals surface area contributed by atoms with Crippen molar-refractivity contribution in [3.63, 3.8) is 0 Å². The molecular weight excluding hydrogens is 396 g/mol. The number of methoxy groups -OCH3 is 1. The van der Waals surface area contributed by atoms with Crippen molar-refractivity contribution in [2.24, 2.45) is 0 Å². The van der Waals surface area contributed by atoms with E-state index in [1.165, 1.54) is 11.3 Å². The van der Waals surface area contributed by atoms with Gasteiger partial charge in [0, 0.05) is 6.54 Å². The van der Waals surface area contributed by atoms with Gasteiger partial charge in [-0.15, -0.1) is 11.3 Å². The quantitative estimate of drug-likeness (QED) is 0.649. The highest BCUT2D eigenvalue weighted by Gasteiger charge is 2.12. The molecule has 2 rings (SSSR count). The van der Waals surface area contributed by atoms with Gasteiger partial charge in [0.25, 0.3) is 5.91 Å². The van der Waals surface area contributed by atoms with Crippen molar-refractivity contribution in [3.8, 4) is 5.75 Å². The van der Waals surface area contributed by atoms with Crippen LogP contribution in [0.2, 0.25) is 0 Å². The number of benzene rings is 1. The van der Waals surface area contributed by atoms with Crippen LogP contribution in [0.5, 0.6) is 5.75 Å². The van der Waals surface area contributed by atoms with Crippen LogP contribution in [0.3, 0.4) is 0 Å². The van der Waals surface area contributed by atoms with Crippen LogP contribution in [-0.4, -0.2) is 37.1 Å². The first kappa shape index (κ1) is 18.4. The minimum atomic E-state index is -0.830. The van der Waals surface area contributed by atoms with E-state index in [-0.39, 0.29) is 24.9 Å². The van der Waals surface area contributed by atoms with Crippen LogP contribution in [0, 0.1) is 0 Å². The van der Waals surface area contributed by atoms with Gasteiger partial charge in [0.05, 0.1) is 28.4 Å². The van der Waals surface area contributed by atoms with Crippen LogP contribution in [0.1, 0.15) is 21.3 Å². The van der Waals surface area contributed by atoms with Gasteiger partial charge in [0.1, 0.15) is 5.75 Å². The van der Waals surface area contributed by atoms with Crippen LogP contribution < -0.4 is 15.4 Å². The fourth-order valence-electron chi connectivity index (χ4n) is 1.90. The van der Waals surface area contributed by atoms with E-state index in [1.54, 1.807) is 43.5 Å². The van der Waals surface area contributed by atoms with Crippen molar-refractivity contribution in [1.29, 1.82) is 0 Å². The van der Waals surface area contributed by atoms with E-state index in [0.29, 0.717) is 16.2 Å². The number of carbonyl (C=O) groups excluding carboxylic acids is 2. The smallest absolute Gasteiger partial charge is 0.261 e. The first-order valence-electron chi connectivity index (χ1n) is 7.12. The molecule has 8 heteroatoms. The summed E-state index contributed by atoms with van der Waals surface area (Å²) in [6.45, 7) is -0.0880. The topological polar surface area (TPSA) is 87.7 Å². The highest BCUT2D eigenvalue weighted by molar-refractivity contribution is 9.11. The third-order valence-corrected chi connectivity index (χ3v) is 4.82. The predicted molar refractivity (Wildman–Crippen MR) is 95.3 cm³/mol. The Morgan fingerprint density at radius 2 is 1.92 bits per heavy atom. The summed E-state index contributed by atoms with van der Waals surface area (Å²) in [6, 6.07) is 10.4. The Kier molecular flexibility index (Phi) is 6.77. The van der Waals surface area contributed by atoms with E-state index in [4.69, 9.17) is 4.74 Å². The monoisotopic (exact) mass is 412 g/mol. The average Bonchev–Trinajstić information content (AvgIpc) is 3.04. The maximum absolute atomic E-state index is 11.8. The number of halogens is 1. The summed E-state index contributed by atoms with van der Waals surface area (Å²) < 4.78 is 5.89. The summed E-state index contributed by atoms with van der Waals surface area (Å²) in [4.78, 5) is 24.1. The summed E-state index contributed by atoms with van der Waals surface area (Å²) in [6.07, 6.45) is -0.830. The minimum Gasteiger partial charge on any atom is -0.497 e. The number of aliphatic hydroxyl groups excluding tert-OH is 1. The molecule has 0 saturated heterocycles. The molecule has 0 spiro atoms. The SMILES string of the molecule is COc1ccc(C(O)CNC(=O)CNC(=O)c2ccc(Br)s2)cc1. The first-order valence-corrected chi connectivity index (χ1v) is 8.73. The molecule has 0 bridgehead atoms. The van der Waals surface area contributed by atoms with Gasteiger partial charge < -0.3 is 20.5 Å². The van der Waals surface area contributed by atoms with E-state index < -0.39 is 6.10 Å². The number of carbonyl (C=O) groups is 2. The second-order valence-electron chi connectivity index (χ2n) is 4.88. The summed E-state index contributed by atoms with van der Waals surface area (Å²) in [7, 11) is 1.56. The lowest BCUT2D eigenvalue weighted by Gasteiger charge is -2.13. The fraction of sp³-hybridized carbons (Fsp3) is 0.250. The third kappa shape index (κ3) is 5.33. The Hall–Kier alpha value is -1.90. The van der Waals surface area contributed by atoms with Gasteiger partial charge in [-0.1, -0.05) is 12.1 Å². The number of ether oxygens (including phenoxy) is 1. The van der Waals surface area contributed by atoms with Crippen molar-refractivity contribution < 1.29 is 19.4 Å². The Morgan fingerprint density at radius 3 is 2.50 bits per heavy atom. The molecule has 0 fully saturated rings. The number of aliphatic hydroxyl groups is 1. The minimum absolute atomic E-state index is 0.0611. The molecule has 24 heavy (non-hydrogen) atoms. The van der Waals surface area contributed by atoms with Crippen LogP contribution in [0.4, 0.5) is 0 Å². The Morgan fingerprint density at radius 1 is 1.21 bits per heavy atom. The number of rotatable bonds is 7. The Balaban J connectivity index is 1.74. The zero-order chi connectivity index (χ0) is 17.5. The second kappa shape index (κ2) is 8.81. The lowest BCUT2D eigenvalue weighted by Crippen LogP contribution is -2.38. The highest BCUT2D eigenvalue weighted by atomic mass is 79.9. The molecule has 0 radical (unpaired) electrons. The number of thiophene rings is 1. The number of nitrogens with one attached hydrogen (secondary N) is 2. The van der Waals surface area contributed by atoms with E-state index in [2.05, 4.69) is 26.6 Å². The molecular formula is C16H17BrN2O4S. The van der Waals surface area contributed by atoms with Crippen molar-refractivity contribution in [2.45, 2.75) is 6.10 Å². The summed E-state index contributed by atoms with van der Waals surface area (Å²) in [5.41, 5.74) is 0.670. The van der Waals surface area contributed by atoms with Crippen molar-refractivity contribution in [1.82, 2.24) is 10.6 Å². The summed E-state index contributed by atoms with van der Waals surface area (Å²) in [5, 5.41) is 15.2. The van der Waals surface area contributed by atoms with E-state index >= 15 is 0 Å². The Labute approximate surface area is 152 Å². The van der Waals surface area contributed by atoms with E-state index in [9.17, 15) is 14.7 Å². The molecule has 2 amide bonds. The largest absolute Gasteiger partial charge is 0.497 e. The fourth-order valence-corrected chi connectivity index (χ4v) is 3.20. The van der Waals surface area contributed by atoms with E-state index in [1.807, 2.05) is 0 Å². The van der Waals surface area contributed by atoms with Crippen LogP contribution in [0.25, 0.3) is 0 Å². The zero-order valence-electron chi connectivity index (χ0n) is 12.9. The number of amides is 2. The molecule has 1 aromatic carbocycles. The second-order valence-corrected chi connectivity index (χ2v) is 7.34. The summed E-state index contributed by atoms with van der Waals surface area (Å²) in [5.74, 6) is 0.0148. The third-order valence-electron chi connectivity index (χ3n) is 3.20. The molecule has 0 aliphatic rings. The average molecular weight is 413 g/mol. The lowest BCUT2D eigenvalue weighted by molar-refractivity contribution is -0.120. The van der Waals surface area contributed by atoms with Crippen molar-refractivity contribution >= 4 is 39.1 Å². The molecule has 0 aliphatic heterocycles. The molecule has 2 aromatic rings. The highest BCUT2D eigenvalue weighted by Crippen LogP contribution is 2.21. The maximum Gasteiger partial charge on any atom is 0.261 e. The van der Waals surface area contributed by atoms with Crippen LogP contribution >= 0.6 is 27.3 Å². The van der Waals surface area contributed by atoms with Gasteiger partial charge in [-0.3, -0.25) is 9.59 Å². The maximum atomic E-state index is 11.8. The molecule has 0 saturated carbocycles. The molecule has 1 aromatic heterocycles. The molecule has 3 N–H and O–H groups in total. The number of hydrogen-bond acceptors (Lipinski definition) is 5. The Bertz CT molecular complexity index is 702. The molecule has 128 valence electrons. The van der Waals surface area contributed by atoms with Gasteiger partial charge in [0.2, 0.25) is 5.91 Å². The van der Waals surface area contributed by atoms with Crippen molar-refractivity contribution in [2.75, 3.05) is 20.2 Å². The van der Waals surface area contributed by atoms with Crippen LogP contribution in [-0.2, 0) is 4.79 Å². The summed E-state index contributed by atoms with van der Waals surface area (Å²) >= 11 is 4.56. The van der Waals surface area contributed by atoms with Gasteiger partial charge in [-0.05, 0) is 45.8 Å². The number of hydrogen-bond donors (Lipinski definition) is 3. The lowest BCUT2D eigenvalue weighted by atomic mass is 10.1. The normalized spacial score (nSPS) is 11.6. The van der Waals surface area contributed by atoms with Gasteiger partial charge >= 0.3 is 0 Å². The molecule has 1 heterocycles. The zero-order valence-corrected chi connectivity index (χ0v) is 15.3. The first-order chi connectivity index (χ1) is 11.5. The van der Waals surface area contributed by atoms with Gasteiger partial charge in [-0.2, -0.15) is 0 Å². The molecule has 1 atom stereocenters. The molecule has 6 nitrogen and oxygen atoms in total. The van der Waals surface area contributed by atoms with Crippen LogP contribution in [0.15, 0.2) is 40.2 Å².